The van der Waals surface area contributed by atoms with E-state index in [2.05, 4.69) is 14.8 Å². The molecule has 0 atom stereocenters. The molecule has 0 unspecified atom stereocenters. The quantitative estimate of drug-likeness (QED) is 0.740. The van der Waals surface area contributed by atoms with Crippen molar-refractivity contribution in [3.05, 3.63) is 30.3 Å². The summed E-state index contributed by atoms with van der Waals surface area (Å²) in [5.74, 6) is 1.02. The van der Waals surface area contributed by atoms with Gasteiger partial charge in [-0.1, -0.05) is 0 Å². The van der Waals surface area contributed by atoms with Gasteiger partial charge in [0.05, 0.1) is 0 Å². The van der Waals surface area contributed by atoms with E-state index in [0.29, 0.717) is 0 Å². The first kappa shape index (κ1) is 8.91. The average molecular weight is 257 g/mol. The number of para-hydroxylation sites is 1. The third-order valence-corrected chi connectivity index (χ3v) is 3.59. The third kappa shape index (κ3) is 3.65. The molecule has 0 radical (unpaired) electrons. The van der Waals surface area contributed by atoms with Crippen LogP contribution in [0, 0.1) is 0 Å². The van der Waals surface area contributed by atoms with Gasteiger partial charge >= 0.3 is 72.8 Å². The average Bonchev–Trinajstić information content (AvgIpc) is 1.85. The maximum absolute atomic E-state index is 5.81. The second-order valence-corrected chi connectivity index (χ2v) is 16.2. The molecular weight excluding hydrogens is 243 g/mol. The second kappa shape index (κ2) is 3.48. The van der Waals surface area contributed by atoms with E-state index < -0.39 is 18.8 Å². The molecule has 0 N–H and O–H groups in total. The third-order valence-electron chi connectivity index (χ3n) is 1.17. The van der Waals surface area contributed by atoms with Gasteiger partial charge in [0.2, 0.25) is 0 Å². The van der Waals surface area contributed by atoms with Crippen LogP contribution < -0.4 is 3.07 Å². The monoisotopic (exact) mass is 258 g/mol. The van der Waals surface area contributed by atoms with Gasteiger partial charge in [0.1, 0.15) is 0 Å². The molecule has 0 aliphatic rings. The normalized spacial score (nSPS) is 11.2. The molecule has 0 amide bonds. The summed E-state index contributed by atoms with van der Waals surface area (Å²) in [6.07, 6.45) is 0. The maximum atomic E-state index is 5.81. The van der Waals surface area contributed by atoms with E-state index in [1.54, 1.807) is 0 Å². The molecule has 0 bridgehead atoms. The molecule has 1 aromatic carbocycles. The van der Waals surface area contributed by atoms with E-state index in [1.807, 2.05) is 30.3 Å². The van der Waals surface area contributed by atoms with Crippen LogP contribution in [-0.4, -0.2) is 18.8 Å². The van der Waals surface area contributed by atoms with Crippen LogP contribution in [0.3, 0.4) is 0 Å². The van der Waals surface area contributed by atoms with Crippen molar-refractivity contribution in [1.29, 1.82) is 0 Å². The van der Waals surface area contributed by atoms with Crippen LogP contribution >= 0.6 is 0 Å². The minimum absolute atomic E-state index is 1.02. The number of rotatable bonds is 2. The molecule has 0 saturated carbocycles. The molecule has 0 saturated heterocycles. The van der Waals surface area contributed by atoms with Crippen molar-refractivity contribution in [2.75, 3.05) is 0 Å². The van der Waals surface area contributed by atoms with Crippen molar-refractivity contribution in [1.82, 2.24) is 0 Å². The molecular formula is C9H14OSn. The van der Waals surface area contributed by atoms with Gasteiger partial charge < -0.3 is 0 Å². The summed E-state index contributed by atoms with van der Waals surface area (Å²) in [4.78, 5) is 6.75. The van der Waals surface area contributed by atoms with Crippen molar-refractivity contribution >= 4 is 18.8 Å². The summed E-state index contributed by atoms with van der Waals surface area (Å²) in [5, 5.41) is 0. The summed E-state index contributed by atoms with van der Waals surface area (Å²) < 4.78 is 5.81. The summed E-state index contributed by atoms with van der Waals surface area (Å²) in [7, 11) is 0. The minimum atomic E-state index is -2.06. The van der Waals surface area contributed by atoms with Gasteiger partial charge in [0.15, 0.2) is 0 Å². The fourth-order valence-corrected chi connectivity index (χ4v) is 3.25. The predicted octanol–water partition coefficient (Wildman–Crippen LogP) is 2.90. The fraction of sp³-hybridized carbons (Fsp3) is 0.333. The van der Waals surface area contributed by atoms with Gasteiger partial charge in [-0.2, -0.15) is 0 Å². The van der Waals surface area contributed by atoms with Crippen LogP contribution in [0.25, 0.3) is 0 Å². The van der Waals surface area contributed by atoms with Crippen LogP contribution in [-0.2, 0) is 0 Å². The fourth-order valence-electron chi connectivity index (χ4n) is 0.842. The van der Waals surface area contributed by atoms with Crippen LogP contribution in [0.2, 0.25) is 14.8 Å². The number of hydrogen-bond acceptors (Lipinski definition) is 1. The molecule has 0 aromatic heterocycles. The Hall–Kier alpha value is -0.181. The van der Waals surface area contributed by atoms with E-state index >= 15 is 0 Å². The molecule has 1 rings (SSSR count). The zero-order valence-electron chi connectivity index (χ0n) is 7.29. The molecule has 0 spiro atoms. The molecule has 1 nitrogen and oxygen atoms in total. The van der Waals surface area contributed by atoms with Crippen LogP contribution in [0.15, 0.2) is 30.3 Å². The van der Waals surface area contributed by atoms with E-state index in [9.17, 15) is 0 Å². The Bertz CT molecular complexity index is 213. The molecule has 60 valence electrons. The van der Waals surface area contributed by atoms with Crippen molar-refractivity contribution in [3.63, 3.8) is 0 Å². The molecule has 2 heteroatoms. The van der Waals surface area contributed by atoms with E-state index in [-0.39, 0.29) is 0 Å². The Labute approximate surface area is 72.8 Å². The van der Waals surface area contributed by atoms with Crippen molar-refractivity contribution in [2.24, 2.45) is 0 Å². The van der Waals surface area contributed by atoms with Gasteiger partial charge in [-0.3, -0.25) is 0 Å². The Morgan fingerprint density at radius 1 is 1.00 bits per heavy atom. The van der Waals surface area contributed by atoms with Crippen molar-refractivity contribution < 1.29 is 3.07 Å². The first-order chi connectivity index (χ1) is 5.08. The summed E-state index contributed by atoms with van der Waals surface area (Å²) in [6, 6.07) is 10.1. The van der Waals surface area contributed by atoms with Crippen LogP contribution in [0.5, 0.6) is 5.75 Å². The predicted molar refractivity (Wildman–Crippen MR) is 50.4 cm³/mol. The van der Waals surface area contributed by atoms with Gasteiger partial charge in [-0.25, -0.2) is 0 Å². The van der Waals surface area contributed by atoms with E-state index in [1.165, 1.54) is 0 Å². The molecule has 0 aliphatic heterocycles. The zero-order chi connectivity index (χ0) is 8.32. The Morgan fingerprint density at radius 3 is 2.00 bits per heavy atom. The molecule has 0 heterocycles. The molecule has 11 heavy (non-hydrogen) atoms. The topological polar surface area (TPSA) is 9.23 Å². The van der Waals surface area contributed by atoms with Gasteiger partial charge in [0, 0.05) is 0 Å². The van der Waals surface area contributed by atoms with Crippen LogP contribution in [0.1, 0.15) is 0 Å². The van der Waals surface area contributed by atoms with Gasteiger partial charge in [-0.05, 0) is 0 Å². The van der Waals surface area contributed by atoms with Gasteiger partial charge in [0.25, 0.3) is 0 Å². The SMILES string of the molecule is [CH3][Sn]([CH3])([CH3])[O]c1ccccc1. The van der Waals surface area contributed by atoms with Crippen molar-refractivity contribution in [3.8, 4) is 5.75 Å². The number of benzene rings is 1. The molecule has 0 fully saturated rings. The summed E-state index contributed by atoms with van der Waals surface area (Å²) in [6.45, 7) is 0. The molecule has 1 aromatic rings. The van der Waals surface area contributed by atoms with E-state index in [4.69, 9.17) is 3.07 Å². The Kier molecular flexibility index (Phi) is 2.82. The first-order valence-corrected chi connectivity index (χ1v) is 13.5. The standard InChI is InChI=1S/C6H6O.3CH3.Sn/c7-6-4-2-1-3-5-6;;;;/h1-5,7H;3*1H3;/q;;;;+1/p-1. The zero-order valence-corrected chi connectivity index (χ0v) is 10.1. The van der Waals surface area contributed by atoms with Gasteiger partial charge in [-0.15, -0.1) is 0 Å². The van der Waals surface area contributed by atoms with E-state index in [0.717, 1.165) is 5.75 Å². The van der Waals surface area contributed by atoms with Crippen LogP contribution in [0.4, 0.5) is 0 Å². The Balaban J connectivity index is 2.66. The summed E-state index contributed by atoms with van der Waals surface area (Å²) in [5.41, 5.74) is 0. The Morgan fingerprint density at radius 2 is 1.55 bits per heavy atom. The molecule has 0 aliphatic carbocycles. The second-order valence-electron chi connectivity index (χ2n) is 3.53. The number of hydrogen-bond donors (Lipinski definition) is 0. The van der Waals surface area contributed by atoms with Crippen molar-refractivity contribution in [2.45, 2.75) is 14.8 Å². The summed E-state index contributed by atoms with van der Waals surface area (Å²) >= 11 is -2.06. The first-order valence-electron chi connectivity index (χ1n) is 3.82.